The molecule has 0 unspecified atom stereocenters. The maximum atomic E-state index is 13.8. The molecule has 0 aliphatic carbocycles. The lowest BCUT2D eigenvalue weighted by molar-refractivity contribution is -0.141. The van der Waals surface area contributed by atoms with Gasteiger partial charge in [0.25, 0.3) is 11.8 Å². The van der Waals surface area contributed by atoms with E-state index in [0.29, 0.717) is 24.0 Å². The molecule has 7 heteroatoms. The summed E-state index contributed by atoms with van der Waals surface area (Å²) in [5.41, 5.74) is 3.75. The van der Waals surface area contributed by atoms with Gasteiger partial charge in [-0.15, -0.1) is 0 Å². The number of imide groups is 1. The Hall–Kier alpha value is -4.26. The molecule has 1 N–H and O–H groups in total. The summed E-state index contributed by atoms with van der Waals surface area (Å²) in [6.45, 7) is 6.37. The van der Waals surface area contributed by atoms with Crippen molar-refractivity contribution in [2.45, 2.75) is 65.1 Å². The first kappa shape index (κ1) is 28.7. The number of benzene rings is 3. The molecule has 208 valence electrons. The van der Waals surface area contributed by atoms with Crippen molar-refractivity contribution < 1.29 is 19.2 Å². The van der Waals surface area contributed by atoms with Gasteiger partial charge in [0.15, 0.2) is 0 Å². The molecule has 4 rings (SSSR count). The van der Waals surface area contributed by atoms with Gasteiger partial charge in [0.1, 0.15) is 6.04 Å². The Bertz CT molecular complexity index is 1340. The van der Waals surface area contributed by atoms with Crippen LogP contribution in [0.4, 0.5) is 0 Å². The first-order valence-corrected chi connectivity index (χ1v) is 13.9. The van der Waals surface area contributed by atoms with Gasteiger partial charge in [0.05, 0.1) is 11.1 Å². The molecular formula is C33H37N3O4. The molecule has 3 aromatic carbocycles. The van der Waals surface area contributed by atoms with E-state index < -0.39 is 6.04 Å². The fourth-order valence-corrected chi connectivity index (χ4v) is 4.98. The van der Waals surface area contributed by atoms with Crippen LogP contribution >= 0.6 is 0 Å². The Morgan fingerprint density at radius 1 is 0.875 bits per heavy atom. The van der Waals surface area contributed by atoms with E-state index >= 15 is 0 Å². The van der Waals surface area contributed by atoms with Crippen molar-refractivity contribution in [3.63, 3.8) is 0 Å². The molecule has 0 bridgehead atoms. The van der Waals surface area contributed by atoms with Crippen molar-refractivity contribution in [1.29, 1.82) is 0 Å². The average Bonchev–Trinajstić information content (AvgIpc) is 3.20. The number of nitrogens with one attached hydrogen (secondary N) is 1. The maximum absolute atomic E-state index is 13.8. The summed E-state index contributed by atoms with van der Waals surface area (Å²) in [6, 6.07) is 23.6. The van der Waals surface area contributed by atoms with Gasteiger partial charge >= 0.3 is 0 Å². The highest BCUT2D eigenvalue weighted by Crippen LogP contribution is 2.23. The molecule has 0 aromatic heterocycles. The SMILES string of the molecule is CC[C@H](C)NC(=O)[C@@H](Cc1ccccc1)N(Cc1cccc(C)c1)C(=O)CCCN1C(=O)c2ccccc2C1=O. The van der Waals surface area contributed by atoms with E-state index in [0.717, 1.165) is 23.1 Å². The predicted octanol–water partition coefficient (Wildman–Crippen LogP) is 4.93. The number of fused-ring (bicyclic) bond motifs is 1. The summed E-state index contributed by atoms with van der Waals surface area (Å²) in [5, 5.41) is 3.07. The summed E-state index contributed by atoms with van der Waals surface area (Å²) < 4.78 is 0. The van der Waals surface area contributed by atoms with Gasteiger partial charge in [-0.25, -0.2) is 0 Å². The molecule has 1 aliphatic rings. The molecule has 2 atom stereocenters. The Balaban J connectivity index is 1.55. The number of carbonyl (C=O) groups excluding carboxylic acids is 4. The van der Waals surface area contributed by atoms with Crippen LogP contribution in [-0.2, 0) is 22.6 Å². The highest BCUT2D eigenvalue weighted by Gasteiger charge is 2.35. The normalized spacial score (nSPS) is 14.0. The first-order valence-electron chi connectivity index (χ1n) is 13.9. The number of carbonyl (C=O) groups is 4. The minimum atomic E-state index is -0.719. The van der Waals surface area contributed by atoms with Crippen molar-refractivity contribution in [3.05, 3.63) is 107 Å². The monoisotopic (exact) mass is 539 g/mol. The molecule has 0 fully saturated rings. The van der Waals surface area contributed by atoms with Crippen LogP contribution in [0.15, 0.2) is 78.9 Å². The number of hydrogen-bond donors (Lipinski definition) is 1. The van der Waals surface area contributed by atoms with Crippen LogP contribution in [0.5, 0.6) is 0 Å². The smallest absolute Gasteiger partial charge is 0.261 e. The van der Waals surface area contributed by atoms with Gasteiger partial charge in [-0.3, -0.25) is 24.1 Å². The lowest BCUT2D eigenvalue weighted by Crippen LogP contribution is -2.52. The Morgan fingerprint density at radius 3 is 2.12 bits per heavy atom. The predicted molar refractivity (Wildman–Crippen MR) is 155 cm³/mol. The molecule has 0 saturated carbocycles. The molecule has 0 saturated heterocycles. The Kier molecular flexibility index (Phi) is 9.48. The molecule has 1 heterocycles. The third-order valence-electron chi connectivity index (χ3n) is 7.36. The molecule has 0 radical (unpaired) electrons. The quantitative estimate of drug-likeness (QED) is 0.331. The summed E-state index contributed by atoms with van der Waals surface area (Å²) >= 11 is 0. The Labute approximate surface area is 236 Å². The summed E-state index contributed by atoms with van der Waals surface area (Å²) in [6.07, 6.45) is 1.55. The van der Waals surface area contributed by atoms with Gasteiger partial charge < -0.3 is 10.2 Å². The van der Waals surface area contributed by atoms with Crippen LogP contribution in [-0.4, -0.2) is 52.1 Å². The molecule has 7 nitrogen and oxygen atoms in total. The zero-order chi connectivity index (χ0) is 28.6. The molecule has 40 heavy (non-hydrogen) atoms. The zero-order valence-electron chi connectivity index (χ0n) is 23.4. The topological polar surface area (TPSA) is 86.8 Å². The van der Waals surface area contributed by atoms with Gasteiger partial charge in [-0.2, -0.15) is 0 Å². The third kappa shape index (κ3) is 6.84. The largest absolute Gasteiger partial charge is 0.352 e. The van der Waals surface area contributed by atoms with Crippen LogP contribution in [0.3, 0.4) is 0 Å². The summed E-state index contributed by atoms with van der Waals surface area (Å²) in [5.74, 6) is -1.06. The number of rotatable bonds is 12. The van der Waals surface area contributed by atoms with Crippen molar-refractivity contribution in [2.24, 2.45) is 0 Å². The lowest BCUT2D eigenvalue weighted by atomic mass is 10.0. The van der Waals surface area contributed by atoms with E-state index in [4.69, 9.17) is 0 Å². The molecule has 3 aromatic rings. The Morgan fingerprint density at radius 2 is 1.50 bits per heavy atom. The minimum absolute atomic E-state index is 0.0319. The minimum Gasteiger partial charge on any atom is -0.352 e. The maximum Gasteiger partial charge on any atom is 0.261 e. The molecule has 1 aliphatic heterocycles. The molecule has 4 amide bonds. The van der Waals surface area contributed by atoms with E-state index in [9.17, 15) is 19.2 Å². The van der Waals surface area contributed by atoms with E-state index in [1.54, 1.807) is 29.2 Å². The number of aryl methyl sites for hydroxylation is 1. The van der Waals surface area contributed by atoms with Crippen LogP contribution in [0, 0.1) is 6.92 Å². The van der Waals surface area contributed by atoms with Gasteiger partial charge in [0.2, 0.25) is 11.8 Å². The molecule has 0 spiro atoms. The highest BCUT2D eigenvalue weighted by molar-refractivity contribution is 6.21. The fraction of sp³-hybridized carbons (Fsp3) is 0.333. The van der Waals surface area contributed by atoms with E-state index in [1.807, 2.05) is 75.4 Å². The zero-order valence-corrected chi connectivity index (χ0v) is 23.4. The van der Waals surface area contributed by atoms with Crippen molar-refractivity contribution >= 4 is 23.6 Å². The van der Waals surface area contributed by atoms with E-state index in [1.165, 1.54) is 4.90 Å². The van der Waals surface area contributed by atoms with Crippen LogP contribution in [0.25, 0.3) is 0 Å². The molecular weight excluding hydrogens is 502 g/mol. The second-order valence-electron chi connectivity index (χ2n) is 10.4. The average molecular weight is 540 g/mol. The summed E-state index contributed by atoms with van der Waals surface area (Å²) in [7, 11) is 0. The highest BCUT2D eigenvalue weighted by atomic mass is 16.2. The third-order valence-corrected chi connectivity index (χ3v) is 7.36. The number of nitrogens with zero attached hydrogens (tertiary/aromatic N) is 2. The van der Waals surface area contributed by atoms with Crippen molar-refractivity contribution in [3.8, 4) is 0 Å². The van der Waals surface area contributed by atoms with E-state index in [2.05, 4.69) is 5.32 Å². The van der Waals surface area contributed by atoms with E-state index in [-0.39, 0.29) is 49.2 Å². The summed E-state index contributed by atoms with van der Waals surface area (Å²) in [4.78, 5) is 55.9. The van der Waals surface area contributed by atoms with Crippen LogP contribution < -0.4 is 5.32 Å². The van der Waals surface area contributed by atoms with Gasteiger partial charge in [-0.05, 0) is 49.9 Å². The second kappa shape index (κ2) is 13.2. The second-order valence-corrected chi connectivity index (χ2v) is 10.4. The standard InChI is InChI=1S/C33H37N3O4/c1-4-24(3)34-31(38)29(21-25-13-6-5-7-14-25)36(22-26-15-10-12-23(2)20-26)30(37)18-11-19-35-32(39)27-16-8-9-17-28(27)33(35)40/h5-10,12-17,20,24,29H,4,11,18-19,21-22H2,1-3H3,(H,34,38)/t24-,29+/m0/s1. The van der Waals surface area contributed by atoms with Crippen molar-refractivity contribution in [2.75, 3.05) is 6.54 Å². The first-order chi connectivity index (χ1) is 19.3. The van der Waals surface area contributed by atoms with Gasteiger partial charge in [-0.1, -0.05) is 79.2 Å². The van der Waals surface area contributed by atoms with Gasteiger partial charge in [0, 0.05) is 32.0 Å². The van der Waals surface area contributed by atoms with Crippen LogP contribution in [0.2, 0.25) is 0 Å². The lowest BCUT2D eigenvalue weighted by Gasteiger charge is -2.32. The van der Waals surface area contributed by atoms with Crippen LogP contribution in [0.1, 0.15) is 70.5 Å². The van der Waals surface area contributed by atoms with Crippen molar-refractivity contribution in [1.82, 2.24) is 15.1 Å². The number of hydrogen-bond acceptors (Lipinski definition) is 4. The number of amides is 4. The fourth-order valence-electron chi connectivity index (χ4n) is 4.98.